The summed E-state index contributed by atoms with van der Waals surface area (Å²) in [6, 6.07) is 9.56. The summed E-state index contributed by atoms with van der Waals surface area (Å²) in [5, 5.41) is 10.2. The SMILES string of the molecule is COc1ccccc1CNC(=O)c1cc([C@H]2CCN(CC(C)C)C2)[nH]n1. The fraction of sp³-hybridized carbons (Fsp3) is 0.500. The van der Waals surface area contributed by atoms with Crippen LogP contribution in [0.4, 0.5) is 0 Å². The highest BCUT2D eigenvalue weighted by molar-refractivity contribution is 5.92. The number of aromatic amines is 1. The van der Waals surface area contributed by atoms with Gasteiger partial charge >= 0.3 is 0 Å². The molecule has 0 spiro atoms. The lowest BCUT2D eigenvalue weighted by Crippen LogP contribution is -2.25. The Hall–Kier alpha value is -2.34. The van der Waals surface area contributed by atoms with E-state index in [0.29, 0.717) is 24.1 Å². The van der Waals surface area contributed by atoms with Crippen molar-refractivity contribution in [2.75, 3.05) is 26.7 Å². The topological polar surface area (TPSA) is 70.2 Å². The number of carbonyl (C=O) groups is 1. The minimum absolute atomic E-state index is 0.171. The van der Waals surface area contributed by atoms with E-state index in [1.54, 1.807) is 7.11 Å². The molecular formula is C20H28N4O2. The first-order valence-corrected chi connectivity index (χ1v) is 9.24. The van der Waals surface area contributed by atoms with Crippen molar-refractivity contribution in [3.8, 4) is 5.75 Å². The van der Waals surface area contributed by atoms with E-state index >= 15 is 0 Å². The molecule has 3 rings (SSSR count). The Balaban J connectivity index is 1.57. The second-order valence-corrected chi connectivity index (χ2v) is 7.34. The van der Waals surface area contributed by atoms with Gasteiger partial charge in [-0.3, -0.25) is 9.89 Å². The van der Waals surface area contributed by atoms with Gasteiger partial charge in [0.25, 0.3) is 5.91 Å². The molecule has 1 atom stereocenters. The quantitative estimate of drug-likeness (QED) is 0.800. The number of para-hydroxylation sites is 1. The van der Waals surface area contributed by atoms with Crippen molar-refractivity contribution < 1.29 is 9.53 Å². The van der Waals surface area contributed by atoms with Gasteiger partial charge in [-0.2, -0.15) is 5.10 Å². The van der Waals surface area contributed by atoms with Crippen molar-refractivity contribution in [3.63, 3.8) is 0 Å². The van der Waals surface area contributed by atoms with Crippen LogP contribution in [0.1, 0.15) is 47.9 Å². The third-order valence-electron chi connectivity index (χ3n) is 4.80. The number of nitrogens with zero attached hydrogens (tertiary/aromatic N) is 2. The average Bonchev–Trinajstić information content (AvgIpc) is 3.28. The van der Waals surface area contributed by atoms with Crippen LogP contribution < -0.4 is 10.1 Å². The number of benzene rings is 1. The summed E-state index contributed by atoms with van der Waals surface area (Å²) < 4.78 is 5.31. The van der Waals surface area contributed by atoms with Crippen molar-refractivity contribution >= 4 is 5.91 Å². The minimum atomic E-state index is -0.171. The van der Waals surface area contributed by atoms with E-state index in [-0.39, 0.29) is 5.91 Å². The van der Waals surface area contributed by atoms with E-state index < -0.39 is 0 Å². The molecule has 0 radical (unpaired) electrons. The van der Waals surface area contributed by atoms with Gasteiger partial charge in [-0.05, 0) is 31.0 Å². The number of hydrogen-bond acceptors (Lipinski definition) is 4. The molecule has 1 aliphatic rings. The fourth-order valence-corrected chi connectivity index (χ4v) is 3.55. The monoisotopic (exact) mass is 356 g/mol. The molecule has 6 nitrogen and oxygen atoms in total. The van der Waals surface area contributed by atoms with Gasteiger partial charge in [0.15, 0.2) is 0 Å². The van der Waals surface area contributed by atoms with Crippen LogP contribution in [0, 0.1) is 5.92 Å². The van der Waals surface area contributed by atoms with Crippen molar-refractivity contribution in [3.05, 3.63) is 47.3 Å². The fourth-order valence-electron chi connectivity index (χ4n) is 3.55. The number of methoxy groups -OCH3 is 1. The normalized spacial score (nSPS) is 17.6. The second kappa shape index (κ2) is 8.36. The third-order valence-corrected chi connectivity index (χ3v) is 4.80. The smallest absolute Gasteiger partial charge is 0.272 e. The first-order valence-electron chi connectivity index (χ1n) is 9.24. The molecule has 1 fully saturated rings. The van der Waals surface area contributed by atoms with Gasteiger partial charge in [0.1, 0.15) is 11.4 Å². The molecule has 2 heterocycles. The van der Waals surface area contributed by atoms with Crippen molar-refractivity contribution in [1.29, 1.82) is 0 Å². The van der Waals surface area contributed by atoms with Crippen LogP contribution >= 0.6 is 0 Å². The Morgan fingerprint density at radius 2 is 2.23 bits per heavy atom. The average molecular weight is 356 g/mol. The molecule has 1 aromatic carbocycles. The zero-order valence-corrected chi connectivity index (χ0v) is 15.8. The highest BCUT2D eigenvalue weighted by Gasteiger charge is 2.26. The molecule has 140 valence electrons. The maximum Gasteiger partial charge on any atom is 0.272 e. The van der Waals surface area contributed by atoms with Crippen molar-refractivity contribution in [2.24, 2.45) is 5.92 Å². The Labute approximate surface area is 154 Å². The first-order chi connectivity index (χ1) is 12.6. The van der Waals surface area contributed by atoms with E-state index in [2.05, 4.69) is 34.3 Å². The predicted molar refractivity (Wildman–Crippen MR) is 101 cm³/mol. The number of hydrogen-bond donors (Lipinski definition) is 2. The van der Waals surface area contributed by atoms with Crippen molar-refractivity contribution in [2.45, 2.75) is 32.7 Å². The summed E-state index contributed by atoms with van der Waals surface area (Å²) >= 11 is 0. The highest BCUT2D eigenvalue weighted by Crippen LogP contribution is 2.26. The van der Waals surface area contributed by atoms with Gasteiger partial charge < -0.3 is 15.0 Å². The molecule has 0 saturated carbocycles. The number of nitrogens with one attached hydrogen (secondary N) is 2. The standard InChI is InChI=1S/C20H28N4O2/c1-14(2)12-24-9-8-16(13-24)17-10-18(23-22-17)20(25)21-11-15-6-4-5-7-19(15)26-3/h4-7,10,14,16H,8-9,11-13H2,1-3H3,(H,21,25)(H,22,23)/t16-/m0/s1. The molecule has 26 heavy (non-hydrogen) atoms. The summed E-state index contributed by atoms with van der Waals surface area (Å²) in [5.41, 5.74) is 2.44. The van der Waals surface area contributed by atoms with Gasteiger partial charge in [-0.15, -0.1) is 0 Å². The van der Waals surface area contributed by atoms with E-state index in [1.807, 2.05) is 30.3 Å². The largest absolute Gasteiger partial charge is 0.496 e. The van der Waals surface area contributed by atoms with Gasteiger partial charge in [-0.1, -0.05) is 32.0 Å². The molecule has 1 amide bonds. The molecule has 1 aliphatic heterocycles. The number of aromatic nitrogens is 2. The molecule has 0 unspecified atom stereocenters. The van der Waals surface area contributed by atoms with Crippen LogP contribution in [-0.4, -0.2) is 47.7 Å². The predicted octanol–water partition coefficient (Wildman–Crippen LogP) is 2.79. The lowest BCUT2D eigenvalue weighted by atomic mass is 10.0. The minimum Gasteiger partial charge on any atom is -0.496 e. The lowest BCUT2D eigenvalue weighted by Gasteiger charge is -2.17. The summed E-state index contributed by atoms with van der Waals surface area (Å²) in [6.45, 7) is 8.16. The third kappa shape index (κ3) is 4.43. The number of carbonyl (C=O) groups excluding carboxylic acids is 1. The van der Waals surface area contributed by atoms with E-state index in [1.165, 1.54) is 0 Å². The van der Waals surface area contributed by atoms with Crippen LogP contribution in [0.2, 0.25) is 0 Å². The van der Waals surface area contributed by atoms with Crippen LogP contribution in [0.3, 0.4) is 0 Å². The van der Waals surface area contributed by atoms with Crippen LogP contribution in [0.25, 0.3) is 0 Å². The van der Waals surface area contributed by atoms with Crippen LogP contribution in [0.5, 0.6) is 5.75 Å². The summed E-state index contributed by atoms with van der Waals surface area (Å²) in [7, 11) is 1.63. The zero-order valence-electron chi connectivity index (χ0n) is 15.8. The maximum atomic E-state index is 12.4. The van der Waals surface area contributed by atoms with E-state index in [0.717, 1.165) is 43.1 Å². The second-order valence-electron chi connectivity index (χ2n) is 7.34. The molecule has 0 aliphatic carbocycles. The molecule has 2 N–H and O–H groups in total. The molecular weight excluding hydrogens is 328 g/mol. The number of ether oxygens (including phenoxy) is 1. The van der Waals surface area contributed by atoms with Gasteiger partial charge in [0.2, 0.25) is 0 Å². The molecule has 2 aromatic rings. The number of H-pyrrole nitrogens is 1. The Morgan fingerprint density at radius 1 is 1.42 bits per heavy atom. The summed E-state index contributed by atoms with van der Waals surface area (Å²) in [5.74, 6) is 1.70. The molecule has 0 bridgehead atoms. The van der Waals surface area contributed by atoms with Gasteiger partial charge in [-0.25, -0.2) is 0 Å². The number of likely N-dealkylation sites (tertiary alicyclic amines) is 1. The van der Waals surface area contributed by atoms with E-state index in [9.17, 15) is 4.79 Å². The summed E-state index contributed by atoms with van der Waals surface area (Å²) in [4.78, 5) is 14.9. The first kappa shape index (κ1) is 18.5. The van der Waals surface area contributed by atoms with Crippen LogP contribution in [0.15, 0.2) is 30.3 Å². The number of rotatable bonds is 7. The molecule has 6 heteroatoms. The highest BCUT2D eigenvalue weighted by atomic mass is 16.5. The maximum absolute atomic E-state index is 12.4. The Morgan fingerprint density at radius 3 is 3.00 bits per heavy atom. The molecule has 1 aromatic heterocycles. The lowest BCUT2D eigenvalue weighted by molar-refractivity contribution is 0.0945. The van der Waals surface area contributed by atoms with Gasteiger partial charge in [0, 0.05) is 36.8 Å². The van der Waals surface area contributed by atoms with Crippen LogP contribution in [-0.2, 0) is 6.54 Å². The van der Waals surface area contributed by atoms with E-state index in [4.69, 9.17) is 4.74 Å². The van der Waals surface area contributed by atoms with Crippen molar-refractivity contribution in [1.82, 2.24) is 20.4 Å². The molecule has 1 saturated heterocycles. The summed E-state index contributed by atoms with van der Waals surface area (Å²) in [6.07, 6.45) is 1.11. The van der Waals surface area contributed by atoms with Gasteiger partial charge in [0.05, 0.1) is 7.11 Å². The Kier molecular flexibility index (Phi) is 5.93. The Bertz CT molecular complexity index is 741. The zero-order chi connectivity index (χ0) is 18.5. The number of amides is 1.